The van der Waals surface area contributed by atoms with Crippen molar-refractivity contribution in [2.75, 3.05) is 0 Å². The first-order valence-electron chi connectivity index (χ1n) is 8.98. The number of benzene rings is 1. The molecule has 1 fully saturated rings. The van der Waals surface area contributed by atoms with Gasteiger partial charge in [0.1, 0.15) is 6.04 Å². The van der Waals surface area contributed by atoms with Crippen molar-refractivity contribution in [1.29, 1.82) is 0 Å². The summed E-state index contributed by atoms with van der Waals surface area (Å²) in [7, 11) is 0. The van der Waals surface area contributed by atoms with Gasteiger partial charge >= 0.3 is 0 Å². The number of hydrogen-bond donors (Lipinski definition) is 3. The summed E-state index contributed by atoms with van der Waals surface area (Å²) in [6.45, 7) is 0. The van der Waals surface area contributed by atoms with Crippen LogP contribution in [0.5, 0.6) is 0 Å². The molecule has 138 valence electrons. The van der Waals surface area contributed by atoms with E-state index in [1.54, 1.807) is 6.07 Å². The van der Waals surface area contributed by atoms with Gasteiger partial charge in [-0.15, -0.1) is 11.3 Å². The fraction of sp³-hybridized carbons (Fsp3) is 0.400. The number of rotatable bonds is 6. The molecule has 1 saturated carbocycles. The zero-order valence-electron chi connectivity index (χ0n) is 14.6. The normalized spacial score (nSPS) is 21.0. The molecule has 2 amide bonds. The van der Waals surface area contributed by atoms with Gasteiger partial charge in [0.2, 0.25) is 5.91 Å². The third-order valence-electron chi connectivity index (χ3n) is 4.69. The maximum atomic E-state index is 12.8. The monoisotopic (exact) mass is 372 g/mol. The lowest BCUT2D eigenvalue weighted by Crippen LogP contribution is -2.51. The second kappa shape index (κ2) is 8.96. The smallest absolute Gasteiger partial charge is 0.262 e. The Labute approximate surface area is 157 Å². The van der Waals surface area contributed by atoms with Gasteiger partial charge in [-0.2, -0.15) is 0 Å². The zero-order chi connectivity index (χ0) is 18.4. The average molecular weight is 372 g/mol. The predicted octanol–water partition coefficient (Wildman–Crippen LogP) is 2.51. The van der Waals surface area contributed by atoms with E-state index in [-0.39, 0.29) is 24.0 Å². The lowest BCUT2D eigenvalue weighted by molar-refractivity contribution is -0.124. The summed E-state index contributed by atoms with van der Waals surface area (Å²) in [5, 5.41) is 17.4. The van der Waals surface area contributed by atoms with Crippen LogP contribution >= 0.6 is 11.3 Å². The maximum absolute atomic E-state index is 12.8. The Kier molecular flexibility index (Phi) is 6.41. The molecule has 0 spiro atoms. The maximum Gasteiger partial charge on any atom is 0.262 e. The van der Waals surface area contributed by atoms with Crippen molar-refractivity contribution in [3.63, 3.8) is 0 Å². The van der Waals surface area contributed by atoms with E-state index in [1.165, 1.54) is 11.3 Å². The van der Waals surface area contributed by atoms with Gasteiger partial charge in [0.25, 0.3) is 5.91 Å². The largest absolute Gasteiger partial charge is 0.393 e. The molecule has 3 rings (SSSR count). The minimum atomic E-state index is -0.626. The van der Waals surface area contributed by atoms with E-state index in [2.05, 4.69) is 10.6 Å². The summed E-state index contributed by atoms with van der Waals surface area (Å²) in [6.07, 6.45) is 3.13. The van der Waals surface area contributed by atoms with Crippen molar-refractivity contribution >= 4 is 23.2 Å². The van der Waals surface area contributed by atoms with Crippen LogP contribution in [0.1, 0.15) is 40.9 Å². The van der Waals surface area contributed by atoms with Gasteiger partial charge in [-0.1, -0.05) is 36.4 Å². The van der Waals surface area contributed by atoms with E-state index in [9.17, 15) is 14.7 Å². The highest BCUT2D eigenvalue weighted by atomic mass is 32.1. The molecule has 2 aromatic rings. The molecule has 6 heteroatoms. The van der Waals surface area contributed by atoms with Crippen molar-refractivity contribution < 1.29 is 14.7 Å². The summed E-state index contributed by atoms with van der Waals surface area (Å²) in [4.78, 5) is 25.8. The summed E-state index contributed by atoms with van der Waals surface area (Å²) >= 11 is 1.36. The Morgan fingerprint density at radius 2 is 1.81 bits per heavy atom. The second-order valence-electron chi connectivity index (χ2n) is 6.71. The molecule has 0 radical (unpaired) electrons. The lowest BCUT2D eigenvalue weighted by Gasteiger charge is -2.28. The minimum absolute atomic E-state index is 0.0582. The van der Waals surface area contributed by atoms with Crippen molar-refractivity contribution in [2.24, 2.45) is 0 Å². The van der Waals surface area contributed by atoms with Crippen LogP contribution in [0.15, 0.2) is 47.8 Å². The van der Waals surface area contributed by atoms with Crippen LogP contribution in [0.4, 0.5) is 0 Å². The minimum Gasteiger partial charge on any atom is -0.393 e. The number of nitrogens with one attached hydrogen (secondary N) is 2. The molecular weight excluding hydrogens is 348 g/mol. The first-order chi connectivity index (χ1) is 12.6. The Hall–Kier alpha value is -2.18. The van der Waals surface area contributed by atoms with Gasteiger partial charge in [-0.3, -0.25) is 9.59 Å². The van der Waals surface area contributed by atoms with Crippen LogP contribution in [0, 0.1) is 0 Å². The van der Waals surface area contributed by atoms with E-state index in [4.69, 9.17) is 0 Å². The first-order valence-corrected chi connectivity index (χ1v) is 9.86. The van der Waals surface area contributed by atoms with Crippen molar-refractivity contribution in [2.45, 2.75) is 50.3 Å². The molecule has 0 saturated heterocycles. The van der Waals surface area contributed by atoms with E-state index < -0.39 is 6.04 Å². The highest BCUT2D eigenvalue weighted by Gasteiger charge is 2.26. The Balaban J connectivity index is 1.67. The topological polar surface area (TPSA) is 78.4 Å². The molecule has 1 unspecified atom stereocenters. The summed E-state index contributed by atoms with van der Waals surface area (Å²) in [5.74, 6) is -0.393. The molecule has 0 aliphatic heterocycles. The predicted molar refractivity (Wildman–Crippen MR) is 102 cm³/mol. The number of carbonyl (C=O) groups is 2. The molecular formula is C20H24N2O3S. The first kappa shape index (κ1) is 18.6. The summed E-state index contributed by atoms with van der Waals surface area (Å²) in [6, 6.07) is 12.7. The molecule has 1 atom stereocenters. The SMILES string of the molecule is O=C(NC(Cc1ccccc1)C(=O)NC1CCC(O)CC1)c1cccs1. The van der Waals surface area contributed by atoms with E-state index in [1.807, 2.05) is 41.8 Å². The lowest BCUT2D eigenvalue weighted by atomic mass is 9.92. The van der Waals surface area contributed by atoms with Crippen LogP contribution in [0.25, 0.3) is 0 Å². The van der Waals surface area contributed by atoms with Crippen molar-refractivity contribution in [3.8, 4) is 0 Å². The summed E-state index contributed by atoms with van der Waals surface area (Å²) < 4.78 is 0. The number of thiophene rings is 1. The molecule has 26 heavy (non-hydrogen) atoms. The quantitative estimate of drug-likeness (QED) is 0.729. The molecule has 1 aliphatic rings. The Morgan fingerprint density at radius 1 is 1.08 bits per heavy atom. The Bertz CT molecular complexity index is 710. The zero-order valence-corrected chi connectivity index (χ0v) is 15.4. The van der Waals surface area contributed by atoms with Crippen LogP contribution in [-0.4, -0.2) is 35.1 Å². The molecule has 1 aliphatic carbocycles. The number of carbonyl (C=O) groups excluding carboxylic acids is 2. The van der Waals surface area contributed by atoms with Gasteiger partial charge < -0.3 is 15.7 Å². The number of aliphatic hydroxyl groups is 1. The van der Waals surface area contributed by atoms with Crippen LogP contribution in [-0.2, 0) is 11.2 Å². The standard InChI is InChI=1S/C20H24N2O3S/c23-16-10-8-15(9-11-16)21-19(24)17(13-14-5-2-1-3-6-14)22-20(25)18-7-4-12-26-18/h1-7,12,15-17,23H,8-11,13H2,(H,21,24)(H,22,25). The summed E-state index contributed by atoms with van der Waals surface area (Å²) in [5.41, 5.74) is 0.998. The van der Waals surface area contributed by atoms with Crippen molar-refractivity contribution in [3.05, 3.63) is 58.3 Å². The van der Waals surface area contributed by atoms with Gasteiger partial charge in [0.15, 0.2) is 0 Å². The average Bonchev–Trinajstić information content (AvgIpc) is 3.19. The van der Waals surface area contributed by atoms with E-state index in [0.717, 1.165) is 18.4 Å². The van der Waals surface area contributed by atoms with Gasteiger partial charge in [-0.25, -0.2) is 0 Å². The number of aliphatic hydroxyl groups excluding tert-OH is 1. The van der Waals surface area contributed by atoms with Gasteiger partial charge in [-0.05, 0) is 42.7 Å². The van der Waals surface area contributed by atoms with Gasteiger partial charge in [0, 0.05) is 12.5 Å². The molecule has 5 nitrogen and oxygen atoms in total. The fourth-order valence-corrected chi connectivity index (χ4v) is 3.84. The van der Waals surface area contributed by atoms with E-state index in [0.29, 0.717) is 24.1 Å². The van der Waals surface area contributed by atoms with Crippen LogP contribution in [0.3, 0.4) is 0 Å². The van der Waals surface area contributed by atoms with E-state index >= 15 is 0 Å². The highest BCUT2D eigenvalue weighted by molar-refractivity contribution is 7.12. The fourth-order valence-electron chi connectivity index (χ4n) is 3.22. The Morgan fingerprint density at radius 3 is 2.46 bits per heavy atom. The second-order valence-corrected chi connectivity index (χ2v) is 7.65. The third kappa shape index (κ3) is 5.16. The third-order valence-corrected chi connectivity index (χ3v) is 5.56. The van der Waals surface area contributed by atoms with Crippen molar-refractivity contribution in [1.82, 2.24) is 10.6 Å². The number of amides is 2. The molecule has 1 heterocycles. The molecule has 3 N–H and O–H groups in total. The highest BCUT2D eigenvalue weighted by Crippen LogP contribution is 2.18. The number of hydrogen-bond acceptors (Lipinski definition) is 4. The van der Waals surface area contributed by atoms with Crippen LogP contribution in [0.2, 0.25) is 0 Å². The molecule has 1 aromatic heterocycles. The molecule has 0 bridgehead atoms. The molecule has 1 aromatic carbocycles. The van der Waals surface area contributed by atoms with Gasteiger partial charge in [0.05, 0.1) is 11.0 Å². The van der Waals surface area contributed by atoms with Crippen LogP contribution < -0.4 is 10.6 Å².